The van der Waals surface area contributed by atoms with Gasteiger partial charge in [0.05, 0.1) is 10.6 Å². The molecule has 0 aliphatic heterocycles. The quantitative estimate of drug-likeness (QED) is 0.672. The Labute approximate surface area is 124 Å². The van der Waals surface area contributed by atoms with Gasteiger partial charge in [0.1, 0.15) is 11.6 Å². The van der Waals surface area contributed by atoms with Gasteiger partial charge in [0.15, 0.2) is 0 Å². The summed E-state index contributed by atoms with van der Waals surface area (Å²) in [5.41, 5.74) is 2.27. The van der Waals surface area contributed by atoms with Gasteiger partial charge in [-0.15, -0.1) is 0 Å². The highest BCUT2D eigenvalue weighted by Gasteiger charge is 2.14. The van der Waals surface area contributed by atoms with E-state index in [1.807, 2.05) is 31.2 Å². The van der Waals surface area contributed by atoms with Crippen LogP contribution in [0.3, 0.4) is 0 Å². The number of hydrogen-bond acceptors (Lipinski definition) is 4. The molecule has 0 aliphatic carbocycles. The summed E-state index contributed by atoms with van der Waals surface area (Å²) in [6.07, 6.45) is 0. The number of nitrogens with zero attached hydrogens (tertiary/aromatic N) is 2. The molecule has 2 aromatic carbocycles. The lowest BCUT2D eigenvalue weighted by Crippen LogP contribution is -1.96. The van der Waals surface area contributed by atoms with E-state index < -0.39 is 4.92 Å². The maximum absolute atomic E-state index is 10.9. The lowest BCUT2D eigenvalue weighted by molar-refractivity contribution is -0.385. The second-order valence-corrected chi connectivity index (χ2v) is 5.06. The number of nitro benzene ring substituents is 1. The van der Waals surface area contributed by atoms with Crippen LogP contribution in [0.2, 0.25) is 0 Å². The Kier molecular flexibility index (Phi) is 4.01. The van der Waals surface area contributed by atoms with Gasteiger partial charge in [-0.05, 0) is 52.7 Å². The van der Waals surface area contributed by atoms with Gasteiger partial charge in [-0.2, -0.15) is 5.26 Å². The average molecular weight is 332 g/mol. The van der Waals surface area contributed by atoms with E-state index in [4.69, 9.17) is 5.26 Å². The highest BCUT2D eigenvalue weighted by molar-refractivity contribution is 9.10. The summed E-state index contributed by atoms with van der Waals surface area (Å²) >= 11 is 3.41. The van der Waals surface area contributed by atoms with E-state index in [1.54, 1.807) is 6.07 Å². The Morgan fingerprint density at radius 1 is 1.30 bits per heavy atom. The average Bonchev–Trinajstić information content (AvgIpc) is 2.42. The fourth-order valence-corrected chi connectivity index (χ4v) is 2.09. The summed E-state index contributed by atoms with van der Waals surface area (Å²) in [5, 5.41) is 22.9. The molecule has 0 aliphatic rings. The summed E-state index contributed by atoms with van der Waals surface area (Å²) in [7, 11) is 0. The summed E-state index contributed by atoms with van der Waals surface area (Å²) in [6.45, 7) is 1.96. The molecule has 20 heavy (non-hydrogen) atoms. The maximum Gasteiger partial charge on any atom is 0.289 e. The van der Waals surface area contributed by atoms with Crippen LogP contribution in [0.1, 0.15) is 11.1 Å². The van der Waals surface area contributed by atoms with Crippen molar-refractivity contribution in [3.05, 3.63) is 62.1 Å². The molecule has 0 radical (unpaired) electrons. The highest BCUT2D eigenvalue weighted by Crippen LogP contribution is 2.29. The summed E-state index contributed by atoms with van der Waals surface area (Å²) in [4.78, 5) is 10.4. The van der Waals surface area contributed by atoms with E-state index in [9.17, 15) is 10.1 Å². The third-order valence-electron chi connectivity index (χ3n) is 2.72. The molecule has 0 atom stereocenters. The second-order valence-electron chi connectivity index (χ2n) is 4.21. The molecular weight excluding hydrogens is 322 g/mol. The minimum absolute atomic E-state index is 0.0452. The van der Waals surface area contributed by atoms with Crippen LogP contribution in [0.15, 0.2) is 40.9 Å². The number of aryl methyl sites for hydroxylation is 1. The molecule has 5 nitrogen and oxygen atoms in total. The first kappa shape index (κ1) is 14.0. The van der Waals surface area contributed by atoms with Crippen molar-refractivity contribution in [1.29, 1.82) is 5.26 Å². The van der Waals surface area contributed by atoms with Crippen molar-refractivity contribution < 1.29 is 4.92 Å². The largest absolute Gasteiger partial charge is 0.354 e. The van der Waals surface area contributed by atoms with E-state index in [0.717, 1.165) is 15.7 Å². The van der Waals surface area contributed by atoms with Crippen molar-refractivity contribution in [2.24, 2.45) is 0 Å². The Balaban J connectivity index is 2.40. The van der Waals surface area contributed by atoms with Crippen LogP contribution in [0.5, 0.6) is 0 Å². The van der Waals surface area contributed by atoms with Crippen molar-refractivity contribution in [2.45, 2.75) is 6.92 Å². The van der Waals surface area contributed by atoms with Crippen LogP contribution in [-0.2, 0) is 0 Å². The molecule has 0 amide bonds. The van der Waals surface area contributed by atoms with Crippen LogP contribution < -0.4 is 5.32 Å². The zero-order chi connectivity index (χ0) is 14.7. The topological polar surface area (TPSA) is 79.0 Å². The summed E-state index contributed by atoms with van der Waals surface area (Å²) < 4.78 is 0.857. The highest BCUT2D eigenvalue weighted by atomic mass is 79.9. The van der Waals surface area contributed by atoms with E-state index in [2.05, 4.69) is 21.2 Å². The SMILES string of the molecule is Cc1ccc(Br)c(Nc2ccc(C#N)c([N+](=O)[O-])c2)c1. The number of nitrogens with one attached hydrogen (secondary N) is 1. The Morgan fingerprint density at radius 2 is 2.05 bits per heavy atom. The van der Waals surface area contributed by atoms with Gasteiger partial charge < -0.3 is 5.32 Å². The van der Waals surface area contributed by atoms with E-state index in [0.29, 0.717) is 5.69 Å². The van der Waals surface area contributed by atoms with Gasteiger partial charge in [-0.3, -0.25) is 10.1 Å². The Hall–Kier alpha value is -2.39. The zero-order valence-corrected chi connectivity index (χ0v) is 12.1. The number of anilines is 2. The number of rotatable bonds is 3. The molecule has 6 heteroatoms. The normalized spacial score (nSPS) is 9.85. The first-order chi connectivity index (χ1) is 9.51. The third kappa shape index (κ3) is 2.95. The molecule has 0 unspecified atom stereocenters. The van der Waals surface area contributed by atoms with Gasteiger partial charge in [0.2, 0.25) is 0 Å². The van der Waals surface area contributed by atoms with Crippen LogP contribution in [0.4, 0.5) is 17.1 Å². The Bertz CT molecular complexity index is 723. The molecule has 0 spiro atoms. The lowest BCUT2D eigenvalue weighted by Gasteiger charge is -2.09. The van der Waals surface area contributed by atoms with Crippen molar-refractivity contribution >= 4 is 33.0 Å². The molecule has 0 saturated heterocycles. The van der Waals surface area contributed by atoms with Crippen LogP contribution in [-0.4, -0.2) is 4.92 Å². The molecule has 1 N–H and O–H groups in total. The van der Waals surface area contributed by atoms with Gasteiger partial charge in [-0.1, -0.05) is 6.07 Å². The summed E-state index contributed by atoms with van der Waals surface area (Å²) in [5.74, 6) is 0. The molecule has 0 bridgehead atoms. The number of nitriles is 1. The van der Waals surface area contributed by atoms with Crippen molar-refractivity contribution in [1.82, 2.24) is 0 Å². The van der Waals surface area contributed by atoms with Crippen molar-refractivity contribution in [3.63, 3.8) is 0 Å². The van der Waals surface area contributed by atoms with Gasteiger partial charge >= 0.3 is 0 Å². The molecule has 2 rings (SSSR count). The first-order valence-electron chi connectivity index (χ1n) is 5.73. The van der Waals surface area contributed by atoms with Crippen molar-refractivity contribution in [3.8, 4) is 6.07 Å². The van der Waals surface area contributed by atoms with Crippen LogP contribution >= 0.6 is 15.9 Å². The first-order valence-corrected chi connectivity index (χ1v) is 6.52. The lowest BCUT2D eigenvalue weighted by atomic mass is 10.1. The summed E-state index contributed by atoms with van der Waals surface area (Å²) in [6, 6.07) is 12.0. The number of hydrogen-bond donors (Lipinski definition) is 1. The van der Waals surface area contributed by atoms with Crippen LogP contribution in [0.25, 0.3) is 0 Å². The molecule has 0 saturated carbocycles. The smallest absolute Gasteiger partial charge is 0.289 e. The van der Waals surface area contributed by atoms with Gasteiger partial charge in [-0.25, -0.2) is 0 Å². The minimum atomic E-state index is -0.560. The van der Waals surface area contributed by atoms with Crippen LogP contribution in [0, 0.1) is 28.4 Å². The molecule has 0 heterocycles. The Morgan fingerprint density at radius 3 is 2.70 bits per heavy atom. The second kappa shape index (κ2) is 5.72. The third-order valence-corrected chi connectivity index (χ3v) is 3.41. The monoisotopic (exact) mass is 331 g/mol. The number of halogens is 1. The molecule has 0 aromatic heterocycles. The molecule has 0 fully saturated rings. The van der Waals surface area contributed by atoms with E-state index in [1.165, 1.54) is 12.1 Å². The standard InChI is InChI=1S/C14H10BrN3O2/c1-9-2-5-12(15)13(6-9)17-11-4-3-10(8-16)14(7-11)18(19)20/h2-7,17H,1H3. The molecule has 2 aromatic rings. The minimum Gasteiger partial charge on any atom is -0.354 e. The van der Waals surface area contributed by atoms with E-state index >= 15 is 0 Å². The number of benzene rings is 2. The predicted molar refractivity (Wildman–Crippen MR) is 80.0 cm³/mol. The van der Waals surface area contributed by atoms with Gasteiger partial charge in [0.25, 0.3) is 5.69 Å². The number of nitro groups is 1. The van der Waals surface area contributed by atoms with E-state index in [-0.39, 0.29) is 11.3 Å². The molecular formula is C14H10BrN3O2. The zero-order valence-electron chi connectivity index (χ0n) is 10.6. The maximum atomic E-state index is 10.9. The predicted octanol–water partition coefficient (Wildman–Crippen LogP) is 4.28. The fourth-order valence-electron chi connectivity index (χ4n) is 1.75. The molecule has 100 valence electrons. The fraction of sp³-hybridized carbons (Fsp3) is 0.0714. The van der Waals surface area contributed by atoms with Gasteiger partial charge in [0, 0.05) is 16.2 Å². The van der Waals surface area contributed by atoms with Crippen molar-refractivity contribution in [2.75, 3.05) is 5.32 Å².